The molecule has 2 amide bonds. The maximum Gasteiger partial charge on any atom is 0.319 e. The molecule has 0 saturated heterocycles. The zero-order valence-corrected chi connectivity index (χ0v) is 11.6. The van der Waals surface area contributed by atoms with Crippen molar-refractivity contribution in [1.29, 1.82) is 0 Å². The lowest BCUT2D eigenvalue weighted by Crippen LogP contribution is -2.34. The monoisotopic (exact) mass is 278 g/mol. The van der Waals surface area contributed by atoms with E-state index in [1.54, 1.807) is 12.1 Å². The number of fused-ring (bicyclic) bond motifs is 2. The van der Waals surface area contributed by atoms with Crippen LogP contribution >= 0.6 is 11.6 Å². The molecule has 1 aromatic carbocycles. The van der Waals surface area contributed by atoms with Crippen LogP contribution in [0.4, 0.5) is 10.5 Å². The van der Waals surface area contributed by atoms with Crippen molar-refractivity contribution in [2.24, 2.45) is 17.8 Å². The molecule has 4 heteroatoms. The minimum atomic E-state index is -0.134. The van der Waals surface area contributed by atoms with Crippen molar-refractivity contribution in [1.82, 2.24) is 5.32 Å². The Morgan fingerprint density at radius 3 is 2.89 bits per heavy atom. The van der Waals surface area contributed by atoms with Crippen LogP contribution in [0.5, 0.6) is 0 Å². The number of anilines is 1. The second kappa shape index (κ2) is 5.41. The summed E-state index contributed by atoms with van der Waals surface area (Å²) in [5.41, 5.74) is 0.734. The van der Waals surface area contributed by atoms with Gasteiger partial charge in [-0.1, -0.05) is 24.1 Å². The predicted molar refractivity (Wildman–Crippen MR) is 77.4 cm³/mol. The molecular weight excluding hydrogens is 260 g/mol. The van der Waals surface area contributed by atoms with E-state index in [4.69, 9.17) is 11.6 Å². The topological polar surface area (TPSA) is 41.1 Å². The molecule has 0 radical (unpaired) electrons. The Morgan fingerprint density at radius 2 is 2.21 bits per heavy atom. The molecule has 0 heterocycles. The fraction of sp³-hybridized carbons (Fsp3) is 0.533. The highest BCUT2D eigenvalue weighted by Crippen LogP contribution is 2.47. The minimum Gasteiger partial charge on any atom is -0.338 e. The first-order chi connectivity index (χ1) is 9.20. The third kappa shape index (κ3) is 3.03. The lowest BCUT2D eigenvalue weighted by molar-refractivity contribution is 0.245. The first kappa shape index (κ1) is 12.8. The number of halogens is 1. The summed E-state index contributed by atoms with van der Waals surface area (Å²) < 4.78 is 0. The van der Waals surface area contributed by atoms with Crippen molar-refractivity contribution in [3.8, 4) is 0 Å². The molecule has 19 heavy (non-hydrogen) atoms. The molecule has 3 atom stereocenters. The Labute approximate surface area is 118 Å². The molecule has 0 aromatic heterocycles. The Balaban J connectivity index is 1.47. The van der Waals surface area contributed by atoms with Gasteiger partial charge in [0.1, 0.15) is 0 Å². The quantitative estimate of drug-likeness (QED) is 0.865. The van der Waals surface area contributed by atoms with Gasteiger partial charge < -0.3 is 10.6 Å². The summed E-state index contributed by atoms with van der Waals surface area (Å²) in [5.74, 6) is 2.45. The molecule has 0 unspecified atom stereocenters. The average Bonchev–Trinajstić information content (AvgIpc) is 2.98. The number of urea groups is 1. The maximum atomic E-state index is 11.8. The number of hydrogen-bond acceptors (Lipinski definition) is 1. The number of carbonyl (C=O) groups excluding carboxylic acids is 1. The van der Waals surface area contributed by atoms with Crippen LogP contribution < -0.4 is 10.6 Å². The molecular formula is C15H19ClN2O. The Morgan fingerprint density at radius 1 is 1.32 bits per heavy atom. The summed E-state index contributed by atoms with van der Waals surface area (Å²) in [7, 11) is 0. The van der Waals surface area contributed by atoms with Gasteiger partial charge >= 0.3 is 6.03 Å². The zero-order valence-electron chi connectivity index (χ0n) is 10.9. The summed E-state index contributed by atoms with van der Waals surface area (Å²) in [6.45, 7) is 0.799. The van der Waals surface area contributed by atoms with E-state index in [1.807, 2.05) is 12.1 Å². The molecule has 2 fully saturated rings. The summed E-state index contributed by atoms with van der Waals surface area (Å²) in [4.78, 5) is 11.8. The second-order valence-corrected chi connectivity index (χ2v) is 6.22. The molecule has 0 spiro atoms. The molecule has 102 valence electrons. The highest BCUT2D eigenvalue weighted by molar-refractivity contribution is 6.30. The number of benzene rings is 1. The molecule has 2 aliphatic carbocycles. The molecule has 0 aliphatic heterocycles. The predicted octanol–water partition coefficient (Wildman–Crippen LogP) is 3.90. The SMILES string of the molecule is O=C(NC[C@H]1C[C@H]2CC[C@@H]1C2)Nc1cccc(Cl)c1. The average molecular weight is 279 g/mol. The van der Waals surface area contributed by atoms with Crippen molar-refractivity contribution >= 4 is 23.3 Å². The number of nitrogens with one attached hydrogen (secondary N) is 2. The van der Waals surface area contributed by atoms with Crippen LogP contribution in [0.2, 0.25) is 5.02 Å². The number of amides is 2. The molecule has 1 aromatic rings. The van der Waals surface area contributed by atoms with Crippen LogP contribution in [0.25, 0.3) is 0 Å². The third-order valence-electron chi connectivity index (χ3n) is 4.49. The smallest absolute Gasteiger partial charge is 0.319 e. The summed E-state index contributed by atoms with van der Waals surface area (Å²) in [6.07, 6.45) is 5.42. The summed E-state index contributed by atoms with van der Waals surface area (Å²) in [5, 5.41) is 6.43. The first-order valence-electron chi connectivity index (χ1n) is 7.01. The van der Waals surface area contributed by atoms with Crippen molar-refractivity contribution in [3.63, 3.8) is 0 Å². The van der Waals surface area contributed by atoms with Gasteiger partial charge in [-0.2, -0.15) is 0 Å². The fourth-order valence-electron chi connectivity index (χ4n) is 3.59. The van der Waals surface area contributed by atoms with Gasteiger partial charge in [-0.15, -0.1) is 0 Å². The van der Waals surface area contributed by atoms with Gasteiger partial charge in [-0.3, -0.25) is 0 Å². The van der Waals surface area contributed by atoms with E-state index in [0.717, 1.165) is 24.1 Å². The van der Waals surface area contributed by atoms with E-state index < -0.39 is 0 Å². The van der Waals surface area contributed by atoms with Gasteiger partial charge in [-0.05, 0) is 55.2 Å². The van der Waals surface area contributed by atoms with Crippen LogP contribution in [-0.4, -0.2) is 12.6 Å². The van der Waals surface area contributed by atoms with Gasteiger partial charge in [-0.25, -0.2) is 4.79 Å². The van der Waals surface area contributed by atoms with Gasteiger partial charge in [0.05, 0.1) is 0 Å². The molecule has 3 nitrogen and oxygen atoms in total. The largest absolute Gasteiger partial charge is 0.338 e. The molecule has 2 N–H and O–H groups in total. The molecule has 2 bridgehead atoms. The number of carbonyl (C=O) groups is 1. The number of rotatable bonds is 3. The van der Waals surface area contributed by atoms with Crippen LogP contribution in [0, 0.1) is 17.8 Å². The van der Waals surface area contributed by atoms with Crippen LogP contribution in [0.1, 0.15) is 25.7 Å². The van der Waals surface area contributed by atoms with E-state index in [2.05, 4.69) is 10.6 Å². The maximum absolute atomic E-state index is 11.8. The van der Waals surface area contributed by atoms with E-state index in [-0.39, 0.29) is 6.03 Å². The lowest BCUT2D eigenvalue weighted by Gasteiger charge is -2.21. The first-order valence-corrected chi connectivity index (χ1v) is 7.39. The Kier molecular flexibility index (Phi) is 3.65. The van der Waals surface area contributed by atoms with E-state index in [1.165, 1.54) is 25.7 Å². The normalized spacial score (nSPS) is 28.4. The van der Waals surface area contributed by atoms with Gasteiger partial charge in [0.25, 0.3) is 0 Å². The highest BCUT2D eigenvalue weighted by atomic mass is 35.5. The highest BCUT2D eigenvalue weighted by Gasteiger charge is 2.39. The van der Waals surface area contributed by atoms with Crippen molar-refractivity contribution in [2.75, 3.05) is 11.9 Å². The van der Waals surface area contributed by atoms with Gasteiger partial charge in [0.2, 0.25) is 0 Å². The van der Waals surface area contributed by atoms with Crippen LogP contribution in [0.15, 0.2) is 24.3 Å². The summed E-state index contributed by atoms with van der Waals surface area (Å²) in [6, 6.07) is 7.07. The second-order valence-electron chi connectivity index (χ2n) is 5.78. The minimum absolute atomic E-state index is 0.134. The van der Waals surface area contributed by atoms with Crippen molar-refractivity contribution in [2.45, 2.75) is 25.7 Å². The van der Waals surface area contributed by atoms with E-state index in [0.29, 0.717) is 10.9 Å². The van der Waals surface area contributed by atoms with Crippen LogP contribution in [0.3, 0.4) is 0 Å². The summed E-state index contributed by atoms with van der Waals surface area (Å²) >= 11 is 5.88. The Bertz CT molecular complexity index is 477. The molecule has 2 saturated carbocycles. The standard InChI is InChI=1S/C15H19ClN2O/c16-13-2-1-3-14(8-13)18-15(19)17-9-12-7-10-4-5-11(12)6-10/h1-3,8,10-12H,4-7,9H2,(H2,17,18,19)/t10-,11+,12+/m0/s1. The van der Waals surface area contributed by atoms with E-state index in [9.17, 15) is 4.79 Å². The Hall–Kier alpha value is -1.22. The van der Waals surface area contributed by atoms with Crippen molar-refractivity contribution in [3.05, 3.63) is 29.3 Å². The molecule has 3 rings (SSSR count). The van der Waals surface area contributed by atoms with Gasteiger partial charge in [0, 0.05) is 17.3 Å². The fourth-order valence-corrected chi connectivity index (χ4v) is 3.78. The van der Waals surface area contributed by atoms with Gasteiger partial charge in [0.15, 0.2) is 0 Å². The lowest BCUT2D eigenvalue weighted by atomic mass is 9.89. The molecule has 2 aliphatic rings. The van der Waals surface area contributed by atoms with Crippen LogP contribution in [-0.2, 0) is 0 Å². The number of hydrogen-bond donors (Lipinski definition) is 2. The zero-order chi connectivity index (χ0) is 13.2. The van der Waals surface area contributed by atoms with E-state index >= 15 is 0 Å². The third-order valence-corrected chi connectivity index (χ3v) is 4.73. The van der Waals surface area contributed by atoms with Crippen molar-refractivity contribution < 1.29 is 4.79 Å².